The van der Waals surface area contributed by atoms with Gasteiger partial charge in [0, 0.05) is 19.1 Å². The molecular formula is C17H23N3O2. The summed E-state index contributed by atoms with van der Waals surface area (Å²) in [7, 11) is 0. The van der Waals surface area contributed by atoms with Crippen LogP contribution in [0.5, 0.6) is 0 Å². The highest BCUT2D eigenvalue weighted by molar-refractivity contribution is 5.67. The molecule has 0 spiro atoms. The maximum absolute atomic E-state index is 11.9. The van der Waals surface area contributed by atoms with Crippen LogP contribution >= 0.6 is 0 Å². The molecule has 0 aliphatic carbocycles. The van der Waals surface area contributed by atoms with E-state index in [-0.39, 0.29) is 12.1 Å². The van der Waals surface area contributed by atoms with E-state index in [0.29, 0.717) is 31.2 Å². The Morgan fingerprint density at radius 2 is 2.09 bits per heavy atom. The molecule has 1 N–H and O–H groups in total. The van der Waals surface area contributed by atoms with Crippen molar-refractivity contribution in [2.45, 2.75) is 32.7 Å². The van der Waals surface area contributed by atoms with Gasteiger partial charge in [-0.2, -0.15) is 5.26 Å². The molecule has 1 amide bonds. The number of para-hydroxylation sites is 1. The van der Waals surface area contributed by atoms with Gasteiger partial charge in [0.05, 0.1) is 17.9 Å². The normalized spacial score (nSPS) is 15.5. The van der Waals surface area contributed by atoms with Crippen LogP contribution in [0.3, 0.4) is 0 Å². The van der Waals surface area contributed by atoms with Crippen molar-refractivity contribution >= 4 is 11.8 Å². The third kappa shape index (κ3) is 4.39. The number of hydrogen-bond donors (Lipinski definition) is 1. The highest BCUT2D eigenvalue weighted by atomic mass is 16.6. The SMILES string of the molecule is CC(C)COC(=O)N1CCC(Nc2ccccc2C#N)CC1. The zero-order valence-corrected chi connectivity index (χ0v) is 13.2. The Labute approximate surface area is 131 Å². The summed E-state index contributed by atoms with van der Waals surface area (Å²) in [6, 6.07) is 9.97. The van der Waals surface area contributed by atoms with E-state index in [4.69, 9.17) is 10.00 Å². The maximum Gasteiger partial charge on any atom is 0.409 e. The summed E-state index contributed by atoms with van der Waals surface area (Å²) in [5, 5.41) is 12.5. The average Bonchev–Trinajstić information content (AvgIpc) is 2.54. The van der Waals surface area contributed by atoms with Gasteiger partial charge in [0.2, 0.25) is 0 Å². The number of rotatable bonds is 4. The predicted octanol–water partition coefficient (Wildman–Crippen LogP) is 3.23. The van der Waals surface area contributed by atoms with Crippen molar-refractivity contribution in [1.82, 2.24) is 4.90 Å². The molecule has 1 fully saturated rings. The molecule has 0 saturated carbocycles. The minimum absolute atomic E-state index is 0.218. The molecule has 0 aromatic heterocycles. The fourth-order valence-electron chi connectivity index (χ4n) is 2.46. The summed E-state index contributed by atoms with van der Waals surface area (Å²) in [6.45, 7) is 5.88. The van der Waals surface area contributed by atoms with Gasteiger partial charge in [-0.1, -0.05) is 26.0 Å². The molecule has 1 aliphatic heterocycles. The molecule has 1 saturated heterocycles. The fourth-order valence-corrected chi connectivity index (χ4v) is 2.46. The second kappa shape index (κ2) is 7.69. The first-order valence-electron chi connectivity index (χ1n) is 7.77. The first kappa shape index (κ1) is 16.2. The van der Waals surface area contributed by atoms with Crippen LogP contribution in [0.4, 0.5) is 10.5 Å². The monoisotopic (exact) mass is 301 g/mol. The zero-order chi connectivity index (χ0) is 15.9. The molecule has 2 rings (SSSR count). The zero-order valence-electron chi connectivity index (χ0n) is 13.2. The Kier molecular flexibility index (Phi) is 5.65. The highest BCUT2D eigenvalue weighted by Crippen LogP contribution is 2.20. The molecule has 1 aliphatic rings. The minimum atomic E-state index is -0.218. The van der Waals surface area contributed by atoms with Gasteiger partial charge in [-0.05, 0) is 30.9 Å². The van der Waals surface area contributed by atoms with E-state index in [1.165, 1.54) is 0 Å². The Hall–Kier alpha value is -2.22. The van der Waals surface area contributed by atoms with E-state index in [2.05, 4.69) is 11.4 Å². The van der Waals surface area contributed by atoms with Crippen LogP contribution in [0.1, 0.15) is 32.3 Å². The molecule has 5 heteroatoms. The Balaban J connectivity index is 1.82. The van der Waals surface area contributed by atoms with Crippen LogP contribution in [-0.4, -0.2) is 36.7 Å². The number of amides is 1. The Morgan fingerprint density at radius 1 is 1.41 bits per heavy atom. The quantitative estimate of drug-likeness (QED) is 0.927. The van der Waals surface area contributed by atoms with E-state index >= 15 is 0 Å². The summed E-state index contributed by atoms with van der Waals surface area (Å²) in [4.78, 5) is 13.7. The van der Waals surface area contributed by atoms with E-state index in [1.54, 1.807) is 11.0 Å². The lowest BCUT2D eigenvalue weighted by Crippen LogP contribution is -2.43. The number of nitriles is 1. The van der Waals surface area contributed by atoms with Crippen LogP contribution in [0, 0.1) is 17.2 Å². The first-order chi connectivity index (χ1) is 10.6. The van der Waals surface area contributed by atoms with Gasteiger partial charge in [-0.3, -0.25) is 0 Å². The number of nitrogens with zero attached hydrogens (tertiary/aromatic N) is 2. The highest BCUT2D eigenvalue weighted by Gasteiger charge is 2.24. The first-order valence-corrected chi connectivity index (χ1v) is 7.77. The second-order valence-electron chi connectivity index (χ2n) is 6.03. The number of ether oxygens (including phenoxy) is 1. The maximum atomic E-state index is 11.9. The van der Waals surface area contributed by atoms with E-state index in [9.17, 15) is 4.79 Å². The second-order valence-corrected chi connectivity index (χ2v) is 6.03. The van der Waals surface area contributed by atoms with Crippen molar-refractivity contribution in [2.24, 2.45) is 5.92 Å². The number of hydrogen-bond acceptors (Lipinski definition) is 4. The number of benzene rings is 1. The Bertz CT molecular complexity index is 543. The molecule has 118 valence electrons. The Morgan fingerprint density at radius 3 is 2.73 bits per heavy atom. The smallest absolute Gasteiger partial charge is 0.409 e. The van der Waals surface area contributed by atoms with Gasteiger partial charge in [-0.25, -0.2) is 4.79 Å². The number of piperidine rings is 1. The van der Waals surface area contributed by atoms with Crippen molar-refractivity contribution < 1.29 is 9.53 Å². The van der Waals surface area contributed by atoms with Gasteiger partial charge < -0.3 is 15.0 Å². The molecule has 1 aromatic rings. The number of carbonyl (C=O) groups is 1. The number of nitrogens with one attached hydrogen (secondary N) is 1. The number of carbonyl (C=O) groups excluding carboxylic acids is 1. The van der Waals surface area contributed by atoms with Crippen LogP contribution in [-0.2, 0) is 4.74 Å². The number of likely N-dealkylation sites (tertiary alicyclic amines) is 1. The van der Waals surface area contributed by atoms with E-state index in [0.717, 1.165) is 18.5 Å². The number of anilines is 1. The van der Waals surface area contributed by atoms with Gasteiger partial charge in [0.1, 0.15) is 6.07 Å². The van der Waals surface area contributed by atoms with Gasteiger partial charge in [-0.15, -0.1) is 0 Å². The van der Waals surface area contributed by atoms with Crippen LogP contribution in [0.15, 0.2) is 24.3 Å². The topological polar surface area (TPSA) is 65.4 Å². The predicted molar refractivity (Wildman–Crippen MR) is 85.6 cm³/mol. The van der Waals surface area contributed by atoms with Gasteiger partial charge in [0.15, 0.2) is 0 Å². The summed E-state index contributed by atoms with van der Waals surface area (Å²) >= 11 is 0. The molecule has 0 bridgehead atoms. The molecule has 0 unspecified atom stereocenters. The fraction of sp³-hybridized carbons (Fsp3) is 0.529. The molecule has 22 heavy (non-hydrogen) atoms. The molecule has 5 nitrogen and oxygen atoms in total. The lowest BCUT2D eigenvalue weighted by molar-refractivity contribution is 0.0845. The van der Waals surface area contributed by atoms with Gasteiger partial charge in [0.25, 0.3) is 0 Å². The standard InChI is InChI=1S/C17H23N3O2/c1-13(2)12-22-17(21)20-9-7-15(8-10-20)19-16-6-4-3-5-14(16)11-18/h3-6,13,15,19H,7-10,12H2,1-2H3. The average molecular weight is 301 g/mol. The van der Waals surface area contributed by atoms with Crippen molar-refractivity contribution in [3.8, 4) is 6.07 Å². The van der Waals surface area contributed by atoms with Gasteiger partial charge >= 0.3 is 6.09 Å². The summed E-state index contributed by atoms with van der Waals surface area (Å²) in [5.74, 6) is 0.352. The van der Waals surface area contributed by atoms with Crippen molar-refractivity contribution in [2.75, 3.05) is 25.0 Å². The van der Waals surface area contributed by atoms with E-state index < -0.39 is 0 Å². The molecular weight excluding hydrogens is 278 g/mol. The van der Waals surface area contributed by atoms with Crippen LogP contribution < -0.4 is 5.32 Å². The minimum Gasteiger partial charge on any atom is -0.449 e. The summed E-state index contributed by atoms with van der Waals surface area (Å²) in [6.07, 6.45) is 1.50. The van der Waals surface area contributed by atoms with Crippen molar-refractivity contribution in [3.63, 3.8) is 0 Å². The molecule has 0 atom stereocenters. The summed E-state index contributed by atoms with van der Waals surface area (Å²) in [5.41, 5.74) is 1.52. The van der Waals surface area contributed by atoms with Crippen molar-refractivity contribution in [3.05, 3.63) is 29.8 Å². The lowest BCUT2D eigenvalue weighted by atomic mass is 10.0. The van der Waals surface area contributed by atoms with Crippen LogP contribution in [0.2, 0.25) is 0 Å². The largest absolute Gasteiger partial charge is 0.449 e. The van der Waals surface area contributed by atoms with Crippen LogP contribution in [0.25, 0.3) is 0 Å². The molecule has 1 aromatic carbocycles. The molecule has 1 heterocycles. The summed E-state index contributed by atoms with van der Waals surface area (Å²) < 4.78 is 5.26. The van der Waals surface area contributed by atoms with E-state index in [1.807, 2.05) is 32.0 Å². The lowest BCUT2D eigenvalue weighted by Gasteiger charge is -2.32. The molecule has 0 radical (unpaired) electrons. The third-order valence-corrected chi connectivity index (χ3v) is 3.70. The van der Waals surface area contributed by atoms with Crippen molar-refractivity contribution in [1.29, 1.82) is 5.26 Å². The third-order valence-electron chi connectivity index (χ3n) is 3.70.